The first-order chi connectivity index (χ1) is 7.56. The fraction of sp³-hybridized carbons (Fsp3) is 0.444. The monoisotopic (exact) mass is 248 g/mol. The van der Waals surface area contributed by atoms with Gasteiger partial charge in [0.2, 0.25) is 0 Å². The van der Waals surface area contributed by atoms with Crippen molar-refractivity contribution in [2.45, 2.75) is 12.8 Å². The van der Waals surface area contributed by atoms with Crippen molar-refractivity contribution in [1.82, 2.24) is 9.97 Å². The SMILES string of the molecule is CSCCc1ncc(C(=O)O)c(C(F)F)n1. The maximum absolute atomic E-state index is 12.5. The molecule has 16 heavy (non-hydrogen) atoms. The number of halogens is 2. The van der Waals surface area contributed by atoms with E-state index in [0.717, 1.165) is 6.20 Å². The Morgan fingerprint density at radius 2 is 2.31 bits per heavy atom. The molecule has 0 saturated carbocycles. The van der Waals surface area contributed by atoms with E-state index in [4.69, 9.17) is 5.11 Å². The molecule has 7 heteroatoms. The van der Waals surface area contributed by atoms with Crippen molar-refractivity contribution in [1.29, 1.82) is 0 Å². The number of aromatic nitrogens is 2. The van der Waals surface area contributed by atoms with Crippen LogP contribution in [0.3, 0.4) is 0 Å². The first-order valence-electron chi connectivity index (χ1n) is 4.42. The summed E-state index contributed by atoms with van der Waals surface area (Å²) in [4.78, 5) is 18.0. The lowest BCUT2D eigenvalue weighted by atomic mass is 10.2. The number of aromatic carboxylic acids is 1. The molecular weight excluding hydrogens is 238 g/mol. The number of hydrogen-bond donors (Lipinski definition) is 1. The number of carboxylic acid groups (broad SMARTS) is 1. The van der Waals surface area contributed by atoms with Gasteiger partial charge in [-0.2, -0.15) is 11.8 Å². The molecule has 0 spiro atoms. The van der Waals surface area contributed by atoms with Crippen LogP contribution < -0.4 is 0 Å². The van der Waals surface area contributed by atoms with Crippen LogP contribution in [0.5, 0.6) is 0 Å². The highest BCUT2D eigenvalue weighted by atomic mass is 32.2. The number of carboxylic acids is 1. The molecule has 0 unspecified atom stereocenters. The molecule has 0 aliphatic heterocycles. The van der Waals surface area contributed by atoms with Gasteiger partial charge in [-0.25, -0.2) is 23.5 Å². The highest BCUT2D eigenvalue weighted by Crippen LogP contribution is 2.20. The zero-order valence-electron chi connectivity index (χ0n) is 8.48. The van der Waals surface area contributed by atoms with E-state index in [1.165, 1.54) is 11.8 Å². The van der Waals surface area contributed by atoms with Crippen molar-refractivity contribution in [3.8, 4) is 0 Å². The van der Waals surface area contributed by atoms with Gasteiger partial charge in [0, 0.05) is 18.4 Å². The predicted octanol–water partition coefficient (Wildman–Crippen LogP) is 2.02. The van der Waals surface area contributed by atoms with Crippen LogP contribution in [0.1, 0.15) is 28.3 Å². The van der Waals surface area contributed by atoms with Gasteiger partial charge in [0.1, 0.15) is 17.1 Å². The van der Waals surface area contributed by atoms with Gasteiger partial charge in [-0.05, 0) is 6.26 Å². The lowest BCUT2D eigenvalue weighted by Gasteiger charge is -2.05. The van der Waals surface area contributed by atoms with Crippen LogP contribution in [-0.2, 0) is 6.42 Å². The van der Waals surface area contributed by atoms with Crippen molar-refractivity contribution in [3.63, 3.8) is 0 Å². The minimum Gasteiger partial charge on any atom is -0.478 e. The molecule has 0 atom stereocenters. The normalized spacial score (nSPS) is 10.8. The molecule has 0 amide bonds. The molecular formula is C9H10F2N2O2S. The smallest absolute Gasteiger partial charge is 0.339 e. The molecule has 1 heterocycles. The van der Waals surface area contributed by atoms with E-state index in [0.29, 0.717) is 12.2 Å². The molecule has 1 aromatic heterocycles. The van der Waals surface area contributed by atoms with Gasteiger partial charge >= 0.3 is 5.97 Å². The van der Waals surface area contributed by atoms with Crippen LogP contribution in [0.4, 0.5) is 8.78 Å². The van der Waals surface area contributed by atoms with Crippen LogP contribution in [-0.4, -0.2) is 33.1 Å². The highest BCUT2D eigenvalue weighted by Gasteiger charge is 2.20. The Morgan fingerprint density at radius 1 is 1.62 bits per heavy atom. The molecule has 0 bridgehead atoms. The van der Waals surface area contributed by atoms with Crippen LogP contribution in [0.15, 0.2) is 6.20 Å². The minimum atomic E-state index is -2.90. The van der Waals surface area contributed by atoms with E-state index in [-0.39, 0.29) is 5.82 Å². The van der Waals surface area contributed by atoms with E-state index in [2.05, 4.69) is 9.97 Å². The third kappa shape index (κ3) is 3.13. The fourth-order valence-electron chi connectivity index (χ4n) is 1.08. The van der Waals surface area contributed by atoms with E-state index < -0.39 is 23.7 Å². The van der Waals surface area contributed by atoms with Crippen LogP contribution in [0.2, 0.25) is 0 Å². The number of hydrogen-bond acceptors (Lipinski definition) is 4. The minimum absolute atomic E-state index is 0.245. The number of nitrogens with zero attached hydrogens (tertiary/aromatic N) is 2. The number of alkyl halides is 2. The van der Waals surface area contributed by atoms with Crippen molar-refractivity contribution >= 4 is 17.7 Å². The maximum Gasteiger partial charge on any atom is 0.339 e. The number of aryl methyl sites for hydroxylation is 1. The summed E-state index contributed by atoms with van der Waals surface area (Å²) in [6.07, 6.45) is 0.356. The Balaban J connectivity index is 3.02. The quantitative estimate of drug-likeness (QED) is 0.863. The molecule has 1 rings (SSSR count). The molecule has 0 saturated heterocycles. The Bertz CT molecular complexity index is 388. The summed E-state index contributed by atoms with van der Waals surface area (Å²) in [6.45, 7) is 0. The standard InChI is InChI=1S/C9H10F2N2O2S/c1-16-3-2-6-12-4-5(9(14)15)7(13-6)8(10)11/h4,8H,2-3H2,1H3,(H,14,15). The first kappa shape index (κ1) is 12.8. The number of rotatable bonds is 5. The summed E-state index contributed by atoms with van der Waals surface area (Å²) in [7, 11) is 0. The van der Waals surface area contributed by atoms with E-state index >= 15 is 0 Å². The summed E-state index contributed by atoms with van der Waals surface area (Å²) >= 11 is 1.54. The summed E-state index contributed by atoms with van der Waals surface area (Å²) in [5.41, 5.74) is -1.25. The van der Waals surface area contributed by atoms with Crippen molar-refractivity contribution < 1.29 is 18.7 Å². The average molecular weight is 248 g/mol. The molecule has 0 fully saturated rings. The summed E-state index contributed by atoms with van der Waals surface area (Å²) < 4.78 is 25.1. The summed E-state index contributed by atoms with van der Waals surface area (Å²) in [5, 5.41) is 8.66. The molecule has 4 nitrogen and oxygen atoms in total. The largest absolute Gasteiger partial charge is 0.478 e. The van der Waals surface area contributed by atoms with Gasteiger partial charge in [0.25, 0.3) is 6.43 Å². The topological polar surface area (TPSA) is 63.1 Å². The molecule has 1 aromatic rings. The van der Waals surface area contributed by atoms with Crippen molar-refractivity contribution in [2.75, 3.05) is 12.0 Å². The fourth-order valence-corrected chi connectivity index (χ4v) is 1.46. The Labute approximate surface area is 95.1 Å². The van der Waals surface area contributed by atoms with Gasteiger partial charge < -0.3 is 5.11 Å². The number of carbonyl (C=O) groups is 1. The molecule has 0 aliphatic carbocycles. The Morgan fingerprint density at radius 3 is 2.81 bits per heavy atom. The molecule has 0 radical (unpaired) electrons. The third-order valence-corrected chi connectivity index (χ3v) is 2.45. The zero-order valence-corrected chi connectivity index (χ0v) is 9.30. The highest BCUT2D eigenvalue weighted by molar-refractivity contribution is 7.98. The number of thioether (sulfide) groups is 1. The second-order valence-corrected chi connectivity index (χ2v) is 3.92. The van der Waals surface area contributed by atoms with Gasteiger partial charge in [-0.3, -0.25) is 0 Å². The Kier molecular flexibility index (Phi) is 4.60. The van der Waals surface area contributed by atoms with Gasteiger partial charge in [-0.1, -0.05) is 0 Å². The van der Waals surface area contributed by atoms with E-state index in [1.807, 2.05) is 6.26 Å². The lowest BCUT2D eigenvalue weighted by Crippen LogP contribution is -2.10. The second kappa shape index (κ2) is 5.74. The summed E-state index contributed by atoms with van der Waals surface area (Å²) in [5.74, 6) is -0.490. The van der Waals surface area contributed by atoms with Gasteiger partial charge in [0.05, 0.1) is 0 Å². The zero-order chi connectivity index (χ0) is 12.1. The third-order valence-electron chi connectivity index (χ3n) is 1.84. The van der Waals surface area contributed by atoms with Crippen molar-refractivity contribution in [2.24, 2.45) is 0 Å². The predicted molar refractivity (Wildman–Crippen MR) is 56.0 cm³/mol. The van der Waals surface area contributed by atoms with E-state index in [1.54, 1.807) is 0 Å². The second-order valence-electron chi connectivity index (χ2n) is 2.93. The maximum atomic E-state index is 12.5. The van der Waals surface area contributed by atoms with Crippen LogP contribution in [0.25, 0.3) is 0 Å². The molecule has 1 N–H and O–H groups in total. The molecule has 0 aromatic carbocycles. The lowest BCUT2D eigenvalue weighted by molar-refractivity contribution is 0.0681. The molecule has 88 valence electrons. The van der Waals surface area contributed by atoms with Crippen LogP contribution >= 0.6 is 11.8 Å². The van der Waals surface area contributed by atoms with Crippen LogP contribution in [0, 0.1) is 0 Å². The summed E-state index contributed by atoms with van der Waals surface area (Å²) in [6, 6.07) is 0. The van der Waals surface area contributed by atoms with Crippen molar-refractivity contribution in [3.05, 3.63) is 23.3 Å². The molecule has 0 aliphatic rings. The van der Waals surface area contributed by atoms with Gasteiger partial charge in [0.15, 0.2) is 0 Å². The Hall–Kier alpha value is -1.24. The van der Waals surface area contributed by atoms with E-state index in [9.17, 15) is 13.6 Å². The average Bonchev–Trinajstić information content (AvgIpc) is 2.25. The van der Waals surface area contributed by atoms with Gasteiger partial charge in [-0.15, -0.1) is 0 Å². The first-order valence-corrected chi connectivity index (χ1v) is 5.81.